The van der Waals surface area contributed by atoms with Gasteiger partial charge in [-0.1, -0.05) is 0 Å². The molecule has 0 spiro atoms. The van der Waals surface area contributed by atoms with E-state index in [0.717, 1.165) is 6.92 Å². The van der Waals surface area contributed by atoms with Gasteiger partial charge >= 0.3 is 0 Å². The minimum absolute atomic E-state index is 0.219. The van der Waals surface area contributed by atoms with E-state index in [1.54, 1.807) is 0 Å². The number of rotatable bonds is 3. The SMILES string of the molecule is CC(F)(F)COc1[nH]ncc1Br. The largest absolute Gasteiger partial charge is 0.471 e. The third-order valence-electron chi connectivity index (χ3n) is 1.03. The monoisotopic (exact) mass is 240 g/mol. The normalized spacial score (nSPS) is 11.7. The molecule has 1 aromatic heterocycles. The molecule has 6 heteroatoms. The van der Waals surface area contributed by atoms with Gasteiger partial charge in [0.15, 0.2) is 6.61 Å². The Morgan fingerprint density at radius 1 is 1.75 bits per heavy atom. The van der Waals surface area contributed by atoms with Gasteiger partial charge in [-0.05, 0) is 15.9 Å². The van der Waals surface area contributed by atoms with E-state index in [9.17, 15) is 8.78 Å². The number of H-pyrrole nitrogens is 1. The number of hydrogen-bond donors (Lipinski definition) is 1. The first kappa shape index (κ1) is 9.44. The van der Waals surface area contributed by atoms with Crippen LogP contribution in [0.15, 0.2) is 10.7 Å². The van der Waals surface area contributed by atoms with Crippen LogP contribution in [-0.2, 0) is 0 Å². The number of alkyl halides is 2. The lowest BCUT2D eigenvalue weighted by molar-refractivity contribution is -0.0244. The van der Waals surface area contributed by atoms with Gasteiger partial charge in [0.2, 0.25) is 5.88 Å². The Bertz CT molecular complexity index is 258. The molecule has 0 aliphatic carbocycles. The van der Waals surface area contributed by atoms with E-state index < -0.39 is 12.5 Å². The standard InChI is InChI=1S/C6H7BrF2N2O/c1-6(8,9)3-12-5-4(7)2-10-11-5/h2H,3H2,1H3,(H,10,11). The quantitative estimate of drug-likeness (QED) is 0.880. The summed E-state index contributed by atoms with van der Waals surface area (Å²) in [6.07, 6.45) is 1.43. The lowest BCUT2D eigenvalue weighted by Crippen LogP contribution is -2.21. The van der Waals surface area contributed by atoms with Gasteiger partial charge in [0.05, 0.1) is 10.7 Å². The van der Waals surface area contributed by atoms with E-state index >= 15 is 0 Å². The van der Waals surface area contributed by atoms with Crippen LogP contribution < -0.4 is 4.74 Å². The average Bonchev–Trinajstić information content (AvgIpc) is 2.29. The van der Waals surface area contributed by atoms with Crippen molar-refractivity contribution in [3.63, 3.8) is 0 Å². The predicted octanol–water partition coefficient (Wildman–Crippen LogP) is 2.21. The number of hydrogen-bond acceptors (Lipinski definition) is 2. The molecule has 1 heterocycles. The molecule has 0 aromatic carbocycles. The van der Waals surface area contributed by atoms with E-state index in [0.29, 0.717) is 4.47 Å². The summed E-state index contributed by atoms with van der Waals surface area (Å²) in [4.78, 5) is 0. The first-order valence-corrected chi connectivity index (χ1v) is 3.98. The summed E-state index contributed by atoms with van der Waals surface area (Å²) in [5.74, 6) is -2.61. The first-order valence-electron chi connectivity index (χ1n) is 3.18. The molecule has 1 N–H and O–H groups in total. The molecule has 1 rings (SSSR count). The highest BCUT2D eigenvalue weighted by Crippen LogP contribution is 2.22. The molecule has 3 nitrogen and oxygen atoms in total. The molecule has 0 radical (unpaired) electrons. The third kappa shape index (κ3) is 2.77. The summed E-state index contributed by atoms with van der Waals surface area (Å²) in [6, 6.07) is 0. The summed E-state index contributed by atoms with van der Waals surface area (Å²) in [7, 11) is 0. The maximum absolute atomic E-state index is 12.3. The van der Waals surface area contributed by atoms with Crippen LogP contribution in [0, 0.1) is 0 Å². The summed E-state index contributed by atoms with van der Waals surface area (Å²) in [5, 5.41) is 6.01. The molecular weight excluding hydrogens is 234 g/mol. The zero-order valence-corrected chi connectivity index (χ0v) is 7.86. The van der Waals surface area contributed by atoms with Crippen LogP contribution in [0.4, 0.5) is 8.78 Å². The Morgan fingerprint density at radius 3 is 2.83 bits per heavy atom. The Labute approximate surface area is 76.2 Å². The van der Waals surface area contributed by atoms with Crippen molar-refractivity contribution in [2.45, 2.75) is 12.8 Å². The van der Waals surface area contributed by atoms with Crippen LogP contribution >= 0.6 is 15.9 Å². The Kier molecular flexibility index (Phi) is 2.66. The molecule has 0 unspecified atom stereocenters. The van der Waals surface area contributed by atoms with Crippen molar-refractivity contribution >= 4 is 15.9 Å². The summed E-state index contributed by atoms with van der Waals surface area (Å²) in [6.45, 7) is 0.130. The number of aromatic nitrogens is 2. The fraction of sp³-hybridized carbons (Fsp3) is 0.500. The smallest absolute Gasteiger partial charge is 0.278 e. The summed E-state index contributed by atoms with van der Waals surface area (Å²) in [5.41, 5.74) is 0. The number of nitrogens with one attached hydrogen (secondary N) is 1. The molecule has 0 saturated heterocycles. The Hall–Kier alpha value is -0.650. The predicted molar refractivity (Wildman–Crippen MR) is 42.4 cm³/mol. The fourth-order valence-corrected chi connectivity index (χ4v) is 0.865. The van der Waals surface area contributed by atoms with Gasteiger partial charge in [-0.25, -0.2) is 13.9 Å². The molecule has 12 heavy (non-hydrogen) atoms. The maximum Gasteiger partial charge on any atom is 0.278 e. The molecule has 0 amide bonds. The van der Waals surface area contributed by atoms with Crippen molar-refractivity contribution < 1.29 is 13.5 Å². The summed E-state index contributed by atoms with van der Waals surface area (Å²) < 4.78 is 29.8. The topological polar surface area (TPSA) is 37.9 Å². The van der Waals surface area contributed by atoms with E-state index in [-0.39, 0.29) is 5.88 Å². The lowest BCUT2D eigenvalue weighted by Gasteiger charge is -2.10. The third-order valence-corrected chi connectivity index (χ3v) is 1.60. The number of nitrogens with zero attached hydrogens (tertiary/aromatic N) is 1. The van der Waals surface area contributed by atoms with Gasteiger partial charge in [-0.15, -0.1) is 0 Å². The molecule has 1 aromatic rings. The van der Waals surface area contributed by atoms with Crippen molar-refractivity contribution in [3.8, 4) is 5.88 Å². The van der Waals surface area contributed by atoms with Crippen LogP contribution in [0.25, 0.3) is 0 Å². The first-order chi connectivity index (χ1) is 5.49. The summed E-state index contributed by atoms with van der Waals surface area (Å²) >= 11 is 3.07. The molecule has 0 aliphatic heterocycles. The van der Waals surface area contributed by atoms with Gasteiger partial charge in [0, 0.05) is 6.92 Å². The van der Waals surface area contributed by atoms with E-state index in [4.69, 9.17) is 4.74 Å². The zero-order chi connectivity index (χ0) is 9.19. The number of aromatic amines is 1. The zero-order valence-electron chi connectivity index (χ0n) is 6.27. The highest BCUT2D eigenvalue weighted by atomic mass is 79.9. The molecule has 0 bridgehead atoms. The van der Waals surface area contributed by atoms with Gasteiger partial charge in [-0.3, -0.25) is 0 Å². The fourth-order valence-electron chi connectivity index (χ4n) is 0.560. The maximum atomic E-state index is 12.3. The molecule has 0 fully saturated rings. The lowest BCUT2D eigenvalue weighted by atomic mass is 10.4. The van der Waals surface area contributed by atoms with Crippen molar-refractivity contribution in [3.05, 3.63) is 10.7 Å². The van der Waals surface area contributed by atoms with Crippen LogP contribution in [0.3, 0.4) is 0 Å². The van der Waals surface area contributed by atoms with Gasteiger partial charge in [0.25, 0.3) is 5.92 Å². The minimum atomic E-state index is -2.83. The van der Waals surface area contributed by atoms with Crippen LogP contribution in [0.5, 0.6) is 5.88 Å². The highest BCUT2D eigenvalue weighted by Gasteiger charge is 2.22. The van der Waals surface area contributed by atoms with Crippen molar-refractivity contribution in [1.29, 1.82) is 0 Å². The van der Waals surface area contributed by atoms with Crippen LogP contribution in [0.1, 0.15) is 6.92 Å². The number of ether oxygens (including phenoxy) is 1. The van der Waals surface area contributed by atoms with E-state index in [1.807, 2.05) is 0 Å². The van der Waals surface area contributed by atoms with E-state index in [2.05, 4.69) is 26.1 Å². The van der Waals surface area contributed by atoms with Crippen molar-refractivity contribution in [2.75, 3.05) is 6.61 Å². The van der Waals surface area contributed by atoms with Gasteiger partial charge in [0.1, 0.15) is 0 Å². The van der Waals surface area contributed by atoms with Crippen molar-refractivity contribution in [2.24, 2.45) is 0 Å². The van der Waals surface area contributed by atoms with Crippen LogP contribution in [0.2, 0.25) is 0 Å². The Balaban J connectivity index is 2.49. The minimum Gasteiger partial charge on any atom is -0.471 e. The molecular formula is C6H7BrF2N2O. The Morgan fingerprint density at radius 2 is 2.42 bits per heavy atom. The van der Waals surface area contributed by atoms with Crippen LogP contribution in [-0.4, -0.2) is 22.7 Å². The second-order valence-electron chi connectivity index (χ2n) is 2.41. The second kappa shape index (κ2) is 3.38. The van der Waals surface area contributed by atoms with Crippen molar-refractivity contribution in [1.82, 2.24) is 10.2 Å². The second-order valence-corrected chi connectivity index (χ2v) is 3.26. The average molecular weight is 241 g/mol. The number of halogens is 3. The molecule has 0 atom stereocenters. The van der Waals surface area contributed by atoms with E-state index in [1.165, 1.54) is 6.20 Å². The van der Waals surface area contributed by atoms with Gasteiger partial charge in [-0.2, -0.15) is 5.10 Å². The highest BCUT2D eigenvalue weighted by molar-refractivity contribution is 9.10. The molecule has 0 aliphatic rings. The van der Waals surface area contributed by atoms with Gasteiger partial charge < -0.3 is 4.74 Å². The molecule has 0 saturated carbocycles. The molecule has 68 valence electrons.